The number of hydrogen-bond acceptors (Lipinski definition) is 3. The summed E-state index contributed by atoms with van der Waals surface area (Å²) in [5.41, 5.74) is 2.55. The average molecular weight is 371 g/mol. The number of ether oxygens (including phenoxy) is 1. The molecule has 0 heterocycles. The van der Waals surface area contributed by atoms with E-state index in [0.717, 1.165) is 24.3 Å². The van der Waals surface area contributed by atoms with Crippen LogP contribution in [0.5, 0.6) is 5.75 Å². The van der Waals surface area contributed by atoms with E-state index in [-0.39, 0.29) is 11.0 Å². The third kappa shape index (κ3) is 6.15. The molecule has 0 saturated carbocycles. The summed E-state index contributed by atoms with van der Waals surface area (Å²) in [4.78, 5) is 12.3. The lowest BCUT2D eigenvalue weighted by atomic mass is 10.0. The molecule has 0 unspecified atom stereocenters. The molecule has 0 radical (unpaired) electrons. The Labute approximate surface area is 161 Å². The van der Waals surface area contributed by atoms with Crippen molar-refractivity contribution in [3.05, 3.63) is 59.7 Å². The van der Waals surface area contributed by atoms with Gasteiger partial charge in [0.05, 0.1) is 6.61 Å². The number of carbonyl (C=O) groups excluding carboxylic acids is 1. The van der Waals surface area contributed by atoms with Gasteiger partial charge in [0.2, 0.25) is 0 Å². The van der Waals surface area contributed by atoms with Crippen molar-refractivity contribution < 1.29 is 9.53 Å². The first-order chi connectivity index (χ1) is 12.5. The lowest BCUT2D eigenvalue weighted by Gasteiger charge is -2.12. The molecule has 0 fully saturated rings. The van der Waals surface area contributed by atoms with Crippen LogP contribution >= 0.6 is 12.2 Å². The van der Waals surface area contributed by atoms with Crippen LogP contribution in [0.3, 0.4) is 0 Å². The topological polar surface area (TPSA) is 50.4 Å². The fourth-order valence-corrected chi connectivity index (χ4v) is 2.57. The summed E-state index contributed by atoms with van der Waals surface area (Å²) in [6.07, 6.45) is 2.11. The highest BCUT2D eigenvalue weighted by molar-refractivity contribution is 7.80. The number of anilines is 1. The third-order valence-corrected chi connectivity index (χ3v) is 4.13. The van der Waals surface area contributed by atoms with Crippen LogP contribution in [-0.2, 0) is 0 Å². The van der Waals surface area contributed by atoms with Crippen LogP contribution in [0.2, 0.25) is 0 Å². The molecule has 0 aliphatic heterocycles. The van der Waals surface area contributed by atoms with E-state index >= 15 is 0 Å². The number of nitrogens with one attached hydrogen (secondary N) is 2. The molecule has 0 aliphatic rings. The first kappa shape index (κ1) is 19.9. The average Bonchev–Trinajstić information content (AvgIpc) is 2.62. The van der Waals surface area contributed by atoms with Crippen LogP contribution in [0.25, 0.3) is 0 Å². The van der Waals surface area contributed by atoms with Crippen molar-refractivity contribution in [3.8, 4) is 5.75 Å². The zero-order valence-corrected chi connectivity index (χ0v) is 16.4. The van der Waals surface area contributed by atoms with Gasteiger partial charge in [0.15, 0.2) is 5.11 Å². The minimum Gasteiger partial charge on any atom is -0.494 e. The molecule has 2 N–H and O–H groups in total. The molecule has 4 nitrogen and oxygen atoms in total. The lowest BCUT2D eigenvalue weighted by Crippen LogP contribution is -2.34. The summed E-state index contributed by atoms with van der Waals surface area (Å²) in [6.45, 7) is 7.05. The smallest absolute Gasteiger partial charge is 0.257 e. The van der Waals surface area contributed by atoms with Gasteiger partial charge in [-0.15, -0.1) is 0 Å². The van der Waals surface area contributed by atoms with E-state index in [9.17, 15) is 4.79 Å². The predicted octanol–water partition coefficient (Wildman–Crippen LogP) is 5.12. The molecule has 0 atom stereocenters. The molecule has 138 valence electrons. The van der Waals surface area contributed by atoms with Crippen LogP contribution < -0.4 is 15.4 Å². The number of amides is 1. The van der Waals surface area contributed by atoms with Crippen molar-refractivity contribution >= 4 is 28.9 Å². The normalized spacial score (nSPS) is 10.5. The minimum atomic E-state index is -0.229. The molecule has 0 aromatic heterocycles. The van der Waals surface area contributed by atoms with Crippen molar-refractivity contribution in [1.29, 1.82) is 0 Å². The van der Waals surface area contributed by atoms with Gasteiger partial charge < -0.3 is 10.1 Å². The van der Waals surface area contributed by atoms with Crippen molar-refractivity contribution in [3.63, 3.8) is 0 Å². The Bertz CT molecular complexity index is 742. The minimum absolute atomic E-state index is 0.229. The summed E-state index contributed by atoms with van der Waals surface area (Å²) in [5.74, 6) is 0.983. The Balaban J connectivity index is 1.91. The SMILES string of the molecule is CCCCOc1cccc(NC(=S)NC(=O)c2ccc(C(C)C)cc2)c1. The summed E-state index contributed by atoms with van der Waals surface area (Å²) in [7, 11) is 0. The van der Waals surface area contributed by atoms with Crippen molar-refractivity contribution in [1.82, 2.24) is 5.32 Å². The van der Waals surface area contributed by atoms with E-state index in [2.05, 4.69) is 31.4 Å². The molecule has 26 heavy (non-hydrogen) atoms. The summed E-state index contributed by atoms with van der Waals surface area (Å²) < 4.78 is 5.68. The number of rotatable bonds is 7. The monoisotopic (exact) mass is 370 g/mol. The summed E-state index contributed by atoms with van der Waals surface area (Å²) >= 11 is 5.25. The van der Waals surface area contributed by atoms with Gasteiger partial charge in [-0.05, 0) is 54.4 Å². The van der Waals surface area contributed by atoms with Gasteiger partial charge >= 0.3 is 0 Å². The maximum Gasteiger partial charge on any atom is 0.257 e. The molecule has 2 rings (SSSR count). The molecule has 0 spiro atoms. The van der Waals surface area contributed by atoms with E-state index in [1.165, 1.54) is 5.56 Å². The van der Waals surface area contributed by atoms with Crippen LogP contribution in [0.4, 0.5) is 5.69 Å². The maximum absolute atomic E-state index is 12.3. The van der Waals surface area contributed by atoms with Crippen LogP contribution in [0, 0.1) is 0 Å². The Morgan fingerprint density at radius 2 is 1.88 bits per heavy atom. The highest BCUT2D eigenvalue weighted by Gasteiger charge is 2.09. The van der Waals surface area contributed by atoms with Gasteiger partial charge in [-0.2, -0.15) is 0 Å². The number of thiocarbonyl (C=S) groups is 1. The van der Waals surface area contributed by atoms with Gasteiger partial charge in [-0.1, -0.05) is 45.4 Å². The van der Waals surface area contributed by atoms with Crippen LogP contribution in [0.1, 0.15) is 55.5 Å². The maximum atomic E-state index is 12.3. The van der Waals surface area contributed by atoms with Gasteiger partial charge in [0.1, 0.15) is 5.75 Å². The first-order valence-corrected chi connectivity index (χ1v) is 9.35. The second kappa shape index (κ2) is 9.92. The van der Waals surface area contributed by atoms with E-state index in [4.69, 9.17) is 17.0 Å². The van der Waals surface area contributed by atoms with E-state index in [1.54, 1.807) is 0 Å². The second-order valence-electron chi connectivity index (χ2n) is 6.41. The number of hydrogen-bond donors (Lipinski definition) is 2. The van der Waals surface area contributed by atoms with Gasteiger partial charge in [0, 0.05) is 17.3 Å². The molecule has 0 aliphatic carbocycles. The van der Waals surface area contributed by atoms with Crippen molar-refractivity contribution in [2.24, 2.45) is 0 Å². The summed E-state index contributed by atoms with van der Waals surface area (Å²) in [6, 6.07) is 15.1. The fraction of sp³-hybridized carbons (Fsp3) is 0.333. The molecular weight excluding hydrogens is 344 g/mol. The lowest BCUT2D eigenvalue weighted by molar-refractivity contribution is 0.0977. The molecule has 0 saturated heterocycles. The van der Waals surface area contributed by atoms with Gasteiger partial charge in [-0.25, -0.2) is 0 Å². The Morgan fingerprint density at radius 1 is 1.15 bits per heavy atom. The van der Waals surface area contributed by atoms with Crippen molar-refractivity contribution in [2.45, 2.75) is 39.5 Å². The Hall–Kier alpha value is -2.40. The highest BCUT2D eigenvalue weighted by atomic mass is 32.1. The third-order valence-electron chi connectivity index (χ3n) is 3.93. The molecule has 1 amide bonds. The van der Waals surface area contributed by atoms with E-state index < -0.39 is 0 Å². The molecule has 5 heteroatoms. The number of benzene rings is 2. The van der Waals surface area contributed by atoms with Crippen LogP contribution in [0.15, 0.2) is 48.5 Å². The van der Waals surface area contributed by atoms with Gasteiger partial charge in [-0.3, -0.25) is 10.1 Å². The predicted molar refractivity (Wildman–Crippen MR) is 111 cm³/mol. The van der Waals surface area contributed by atoms with Gasteiger partial charge in [0.25, 0.3) is 5.91 Å². The largest absolute Gasteiger partial charge is 0.494 e. The Morgan fingerprint density at radius 3 is 2.54 bits per heavy atom. The fourth-order valence-electron chi connectivity index (χ4n) is 2.36. The first-order valence-electron chi connectivity index (χ1n) is 8.94. The van der Waals surface area contributed by atoms with Crippen molar-refractivity contribution in [2.75, 3.05) is 11.9 Å². The number of carbonyl (C=O) groups is 1. The molecule has 2 aromatic carbocycles. The molecular formula is C21H26N2O2S. The standard InChI is InChI=1S/C21H26N2O2S/c1-4-5-13-25-19-8-6-7-18(14-19)22-21(26)23-20(24)17-11-9-16(10-12-17)15(2)3/h6-12,14-15H,4-5,13H2,1-3H3,(H2,22,23,24,26). The molecule has 2 aromatic rings. The quantitative estimate of drug-likeness (QED) is 0.525. The van der Waals surface area contributed by atoms with Crippen LogP contribution in [-0.4, -0.2) is 17.6 Å². The van der Waals surface area contributed by atoms with E-state index in [1.807, 2.05) is 48.5 Å². The highest BCUT2D eigenvalue weighted by Crippen LogP contribution is 2.18. The zero-order chi connectivity index (χ0) is 18.9. The zero-order valence-electron chi connectivity index (χ0n) is 15.5. The molecule has 0 bridgehead atoms. The Kier molecular flexibility index (Phi) is 7.60. The summed E-state index contributed by atoms with van der Waals surface area (Å²) in [5, 5.41) is 5.99. The second-order valence-corrected chi connectivity index (χ2v) is 6.82. The van der Waals surface area contributed by atoms with E-state index in [0.29, 0.717) is 18.1 Å². The number of unbranched alkanes of at least 4 members (excludes halogenated alkanes) is 1.